The maximum Gasteiger partial charge on any atom is 0.413 e. The van der Waals surface area contributed by atoms with Crippen LogP contribution in [0.4, 0.5) is 10.6 Å². The third-order valence-electron chi connectivity index (χ3n) is 4.41. The first-order chi connectivity index (χ1) is 12.4. The molecular formula is C21H27N3O2. The molecule has 1 aromatic carbocycles. The van der Waals surface area contributed by atoms with Crippen molar-refractivity contribution in [2.24, 2.45) is 0 Å². The van der Waals surface area contributed by atoms with Gasteiger partial charge in [0.2, 0.25) is 0 Å². The van der Waals surface area contributed by atoms with E-state index >= 15 is 0 Å². The predicted molar refractivity (Wildman–Crippen MR) is 103 cm³/mol. The van der Waals surface area contributed by atoms with Crippen LogP contribution in [-0.4, -0.2) is 28.1 Å². The first kappa shape index (κ1) is 18.4. The molecule has 26 heavy (non-hydrogen) atoms. The smallest absolute Gasteiger partial charge is 0.413 e. The summed E-state index contributed by atoms with van der Waals surface area (Å²) in [5, 5.41) is 2.83. The van der Waals surface area contributed by atoms with Crippen molar-refractivity contribution in [2.45, 2.75) is 51.8 Å². The molecule has 1 fully saturated rings. The van der Waals surface area contributed by atoms with Gasteiger partial charge in [0.1, 0.15) is 11.4 Å². The van der Waals surface area contributed by atoms with Gasteiger partial charge in [-0.25, -0.2) is 9.78 Å². The average Bonchev–Trinajstić information content (AvgIpc) is 3.02. The molecule has 1 amide bonds. The minimum Gasteiger partial charge on any atom is -0.444 e. The van der Waals surface area contributed by atoms with Crippen molar-refractivity contribution < 1.29 is 9.53 Å². The maximum atomic E-state index is 12.2. The number of nitrogens with zero attached hydrogens (tertiary/aromatic N) is 2. The number of rotatable bonds is 4. The minimum absolute atomic E-state index is 0.244. The number of anilines is 1. The lowest BCUT2D eigenvalue weighted by Crippen LogP contribution is -2.29. The first-order valence-corrected chi connectivity index (χ1v) is 9.15. The van der Waals surface area contributed by atoms with Crippen LogP contribution < -0.4 is 5.32 Å². The lowest BCUT2D eigenvalue weighted by Gasteiger charge is -2.26. The number of hydrogen-bond donors (Lipinski definition) is 1. The number of benzene rings is 1. The van der Waals surface area contributed by atoms with Gasteiger partial charge in [0, 0.05) is 24.3 Å². The SMILES string of the molecule is CC(C)(C)OC(=O)Nc1ncccc1[C@H]1CCCN1Cc1ccccc1. The normalized spacial score (nSPS) is 17.9. The Hall–Kier alpha value is -2.40. The molecule has 0 bridgehead atoms. The molecule has 138 valence electrons. The molecule has 0 unspecified atom stereocenters. The van der Waals surface area contributed by atoms with Crippen LogP contribution in [0.25, 0.3) is 0 Å². The standard InChI is InChI=1S/C21H27N3O2/c1-21(2,3)26-20(25)23-19-17(11-7-13-22-19)18-12-8-14-24(18)15-16-9-5-4-6-10-16/h4-7,9-11,13,18H,8,12,14-15H2,1-3H3,(H,22,23,25)/t18-/m1/s1. The van der Waals surface area contributed by atoms with E-state index in [2.05, 4.69) is 39.5 Å². The molecule has 0 spiro atoms. The number of amides is 1. The van der Waals surface area contributed by atoms with Crippen LogP contribution in [0.3, 0.4) is 0 Å². The second-order valence-corrected chi connectivity index (χ2v) is 7.68. The number of aromatic nitrogens is 1. The number of carbonyl (C=O) groups excluding carboxylic acids is 1. The van der Waals surface area contributed by atoms with E-state index in [4.69, 9.17) is 4.74 Å². The molecule has 1 atom stereocenters. The molecule has 2 heterocycles. The summed E-state index contributed by atoms with van der Waals surface area (Å²) in [6.07, 6.45) is 3.43. The second-order valence-electron chi connectivity index (χ2n) is 7.68. The average molecular weight is 353 g/mol. The molecule has 1 aromatic heterocycles. The van der Waals surface area contributed by atoms with E-state index in [9.17, 15) is 4.79 Å². The van der Waals surface area contributed by atoms with Crippen molar-refractivity contribution in [3.63, 3.8) is 0 Å². The van der Waals surface area contributed by atoms with Crippen molar-refractivity contribution in [2.75, 3.05) is 11.9 Å². The Morgan fingerprint density at radius 2 is 2.00 bits per heavy atom. The van der Waals surface area contributed by atoms with Gasteiger partial charge in [0.25, 0.3) is 0 Å². The number of nitrogens with one attached hydrogen (secondary N) is 1. The van der Waals surface area contributed by atoms with Crippen LogP contribution in [0.15, 0.2) is 48.7 Å². The summed E-state index contributed by atoms with van der Waals surface area (Å²) in [6, 6.07) is 14.7. The van der Waals surface area contributed by atoms with Gasteiger partial charge in [0.05, 0.1) is 0 Å². The Bertz CT molecular complexity index is 740. The van der Waals surface area contributed by atoms with Crippen LogP contribution in [0.5, 0.6) is 0 Å². The highest BCUT2D eigenvalue weighted by molar-refractivity contribution is 5.84. The van der Waals surface area contributed by atoms with Crippen LogP contribution >= 0.6 is 0 Å². The zero-order valence-corrected chi connectivity index (χ0v) is 15.7. The van der Waals surface area contributed by atoms with Gasteiger partial charge in [-0.2, -0.15) is 0 Å². The molecule has 1 aliphatic rings. The van der Waals surface area contributed by atoms with Gasteiger partial charge in [-0.05, 0) is 51.8 Å². The summed E-state index contributed by atoms with van der Waals surface area (Å²) < 4.78 is 5.38. The molecule has 1 aliphatic heterocycles. The highest BCUT2D eigenvalue weighted by Crippen LogP contribution is 2.36. The Labute approximate surface area is 155 Å². The quantitative estimate of drug-likeness (QED) is 0.860. The highest BCUT2D eigenvalue weighted by atomic mass is 16.6. The molecule has 2 aromatic rings. The Kier molecular flexibility index (Phi) is 5.57. The Morgan fingerprint density at radius 3 is 2.73 bits per heavy atom. The third-order valence-corrected chi connectivity index (χ3v) is 4.41. The van der Waals surface area contributed by atoms with E-state index in [0.29, 0.717) is 5.82 Å². The molecule has 1 saturated heterocycles. The van der Waals surface area contributed by atoms with Gasteiger partial charge >= 0.3 is 6.09 Å². The number of hydrogen-bond acceptors (Lipinski definition) is 4. The minimum atomic E-state index is -0.536. The van der Waals surface area contributed by atoms with Gasteiger partial charge in [-0.15, -0.1) is 0 Å². The number of pyridine rings is 1. The summed E-state index contributed by atoms with van der Waals surface area (Å²) >= 11 is 0. The predicted octanol–water partition coefficient (Wildman–Crippen LogP) is 4.77. The topological polar surface area (TPSA) is 54.5 Å². The number of likely N-dealkylation sites (tertiary alicyclic amines) is 1. The van der Waals surface area contributed by atoms with Gasteiger partial charge in [-0.1, -0.05) is 36.4 Å². The highest BCUT2D eigenvalue weighted by Gasteiger charge is 2.29. The van der Waals surface area contributed by atoms with Crippen molar-refractivity contribution in [3.05, 3.63) is 59.8 Å². The van der Waals surface area contributed by atoms with E-state index in [1.165, 1.54) is 5.56 Å². The third kappa shape index (κ3) is 4.82. The van der Waals surface area contributed by atoms with Gasteiger partial charge < -0.3 is 4.74 Å². The van der Waals surface area contributed by atoms with Crippen LogP contribution in [0, 0.1) is 0 Å². The van der Waals surface area contributed by atoms with E-state index in [1.807, 2.05) is 39.0 Å². The van der Waals surface area contributed by atoms with E-state index in [1.54, 1.807) is 6.20 Å². The fourth-order valence-corrected chi connectivity index (χ4v) is 3.38. The van der Waals surface area contributed by atoms with Crippen molar-refractivity contribution >= 4 is 11.9 Å². The van der Waals surface area contributed by atoms with Crippen molar-refractivity contribution in [1.82, 2.24) is 9.88 Å². The lowest BCUT2D eigenvalue weighted by molar-refractivity contribution is 0.0635. The molecule has 0 radical (unpaired) electrons. The summed E-state index contributed by atoms with van der Waals surface area (Å²) in [7, 11) is 0. The lowest BCUT2D eigenvalue weighted by atomic mass is 10.0. The first-order valence-electron chi connectivity index (χ1n) is 9.15. The summed E-state index contributed by atoms with van der Waals surface area (Å²) in [6.45, 7) is 7.49. The zero-order valence-electron chi connectivity index (χ0n) is 15.7. The fourth-order valence-electron chi connectivity index (χ4n) is 3.38. The molecule has 5 nitrogen and oxygen atoms in total. The molecule has 0 saturated carbocycles. The van der Waals surface area contributed by atoms with Crippen molar-refractivity contribution in [3.8, 4) is 0 Å². The van der Waals surface area contributed by atoms with Crippen LogP contribution in [0.1, 0.15) is 50.8 Å². The number of carbonyl (C=O) groups is 1. The van der Waals surface area contributed by atoms with E-state index in [0.717, 1.165) is 31.5 Å². The summed E-state index contributed by atoms with van der Waals surface area (Å²) in [5.41, 5.74) is 1.81. The molecule has 3 rings (SSSR count). The summed E-state index contributed by atoms with van der Waals surface area (Å²) in [5.74, 6) is 0.590. The van der Waals surface area contributed by atoms with E-state index in [-0.39, 0.29) is 6.04 Å². The van der Waals surface area contributed by atoms with Crippen molar-refractivity contribution in [1.29, 1.82) is 0 Å². The zero-order chi connectivity index (χ0) is 18.6. The molecular weight excluding hydrogens is 326 g/mol. The largest absolute Gasteiger partial charge is 0.444 e. The second kappa shape index (κ2) is 7.87. The van der Waals surface area contributed by atoms with E-state index < -0.39 is 11.7 Å². The number of ether oxygens (including phenoxy) is 1. The molecule has 1 N–H and O–H groups in total. The molecule has 0 aliphatic carbocycles. The fraction of sp³-hybridized carbons (Fsp3) is 0.429. The van der Waals surface area contributed by atoms with Crippen LogP contribution in [0.2, 0.25) is 0 Å². The van der Waals surface area contributed by atoms with Gasteiger partial charge in [-0.3, -0.25) is 10.2 Å². The Balaban J connectivity index is 1.76. The van der Waals surface area contributed by atoms with Gasteiger partial charge in [0.15, 0.2) is 0 Å². The maximum absolute atomic E-state index is 12.2. The summed E-state index contributed by atoms with van der Waals surface area (Å²) in [4.78, 5) is 19.0. The monoisotopic (exact) mass is 353 g/mol. The Morgan fingerprint density at radius 1 is 1.23 bits per heavy atom. The van der Waals surface area contributed by atoms with Crippen LogP contribution in [-0.2, 0) is 11.3 Å². The molecule has 5 heteroatoms.